The number of ether oxygens (including phenoxy) is 1. The molecule has 1 saturated heterocycles. The van der Waals surface area contributed by atoms with Crippen molar-refractivity contribution in [1.82, 2.24) is 16.0 Å². The quantitative estimate of drug-likeness (QED) is 0.568. The lowest BCUT2D eigenvalue weighted by molar-refractivity contribution is -0.136. The normalized spacial score (nSPS) is 23.4. The van der Waals surface area contributed by atoms with Crippen LogP contribution in [0.2, 0.25) is 0 Å². The Balaban J connectivity index is 2.53. The molecule has 0 aromatic rings. The van der Waals surface area contributed by atoms with Gasteiger partial charge in [-0.3, -0.25) is 9.59 Å². The molecule has 1 heterocycles. The van der Waals surface area contributed by atoms with Crippen LogP contribution >= 0.6 is 0 Å². The fourth-order valence-electron chi connectivity index (χ4n) is 2.81. The van der Waals surface area contributed by atoms with E-state index in [4.69, 9.17) is 4.74 Å². The van der Waals surface area contributed by atoms with Crippen molar-refractivity contribution in [2.45, 2.75) is 45.6 Å². The Morgan fingerprint density at radius 1 is 1.43 bits per heavy atom. The van der Waals surface area contributed by atoms with E-state index in [9.17, 15) is 9.59 Å². The maximum Gasteiger partial charge on any atom is 0.242 e. The predicted octanol–water partition coefficient (Wildman–Crippen LogP) is 0.424. The molecule has 0 spiro atoms. The highest BCUT2D eigenvalue weighted by Crippen LogP contribution is 2.31. The van der Waals surface area contributed by atoms with Crippen LogP contribution in [-0.2, 0) is 14.3 Å². The van der Waals surface area contributed by atoms with Crippen LogP contribution in [0.4, 0.5) is 0 Å². The van der Waals surface area contributed by atoms with E-state index in [1.165, 1.54) is 0 Å². The average molecular weight is 299 g/mol. The van der Waals surface area contributed by atoms with Crippen molar-refractivity contribution in [3.63, 3.8) is 0 Å². The number of rotatable bonds is 8. The third kappa shape index (κ3) is 5.28. The van der Waals surface area contributed by atoms with Crippen molar-refractivity contribution in [1.29, 1.82) is 0 Å². The summed E-state index contributed by atoms with van der Waals surface area (Å²) in [7, 11) is 1.59. The lowest BCUT2D eigenvalue weighted by Crippen LogP contribution is -2.55. The minimum Gasteiger partial charge on any atom is -0.383 e. The molecule has 1 aliphatic rings. The van der Waals surface area contributed by atoms with Crippen LogP contribution in [0.5, 0.6) is 0 Å². The van der Waals surface area contributed by atoms with E-state index in [0.29, 0.717) is 19.7 Å². The SMILES string of the molecule is CCCC1(C(=O)NC(C)C(=O)NCCOC)CCCNC1. The Morgan fingerprint density at radius 2 is 2.19 bits per heavy atom. The molecule has 0 aliphatic carbocycles. The van der Waals surface area contributed by atoms with Gasteiger partial charge in [0.2, 0.25) is 11.8 Å². The second kappa shape index (κ2) is 9.00. The molecule has 3 N–H and O–H groups in total. The number of methoxy groups -OCH3 is 1. The highest BCUT2D eigenvalue weighted by atomic mass is 16.5. The molecule has 0 bridgehead atoms. The zero-order chi connectivity index (χ0) is 15.7. The van der Waals surface area contributed by atoms with Crippen molar-refractivity contribution in [3.05, 3.63) is 0 Å². The molecule has 0 saturated carbocycles. The standard InChI is InChI=1S/C15H29N3O3/c1-4-6-15(7-5-8-16-11-15)14(20)18-12(2)13(19)17-9-10-21-3/h12,16H,4-11H2,1-3H3,(H,17,19)(H,18,20). The van der Waals surface area contributed by atoms with Crippen LogP contribution in [0.3, 0.4) is 0 Å². The first kappa shape index (κ1) is 17.9. The van der Waals surface area contributed by atoms with Gasteiger partial charge in [-0.2, -0.15) is 0 Å². The Hall–Kier alpha value is -1.14. The molecule has 0 aromatic heterocycles. The van der Waals surface area contributed by atoms with Crippen molar-refractivity contribution >= 4 is 11.8 Å². The summed E-state index contributed by atoms with van der Waals surface area (Å²) < 4.78 is 4.89. The molecular formula is C15H29N3O3. The summed E-state index contributed by atoms with van der Waals surface area (Å²) in [5.74, 6) is -0.179. The zero-order valence-electron chi connectivity index (χ0n) is 13.5. The van der Waals surface area contributed by atoms with Gasteiger partial charge in [-0.25, -0.2) is 0 Å². The summed E-state index contributed by atoms with van der Waals surface area (Å²) in [4.78, 5) is 24.5. The van der Waals surface area contributed by atoms with Crippen LogP contribution in [0.15, 0.2) is 0 Å². The predicted molar refractivity (Wildman–Crippen MR) is 81.9 cm³/mol. The summed E-state index contributed by atoms with van der Waals surface area (Å²) in [5, 5.41) is 8.92. The van der Waals surface area contributed by atoms with Gasteiger partial charge in [-0.05, 0) is 32.7 Å². The number of piperidine rings is 1. The summed E-state index contributed by atoms with van der Waals surface area (Å²) in [6.07, 6.45) is 3.70. The molecule has 1 rings (SSSR count). The minimum absolute atomic E-state index is 0.00839. The smallest absolute Gasteiger partial charge is 0.242 e. The maximum atomic E-state index is 12.6. The lowest BCUT2D eigenvalue weighted by Gasteiger charge is -2.36. The molecule has 0 aromatic carbocycles. The van der Waals surface area contributed by atoms with Gasteiger partial charge in [0, 0.05) is 20.2 Å². The van der Waals surface area contributed by atoms with Crippen molar-refractivity contribution in [2.24, 2.45) is 5.41 Å². The Bertz CT molecular complexity index is 336. The average Bonchev–Trinajstić information content (AvgIpc) is 2.48. The van der Waals surface area contributed by atoms with Gasteiger partial charge in [0.05, 0.1) is 12.0 Å². The molecule has 2 unspecified atom stereocenters. The van der Waals surface area contributed by atoms with Gasteiger partial charge >= 0.3 is 0 Å². The molecule has 122 valence electrons. The zero-order valence-corrected chi connectivity index (χ0v) is 13.5. The first-order valence-electron chi connectivity index (χ1n) is 7.84. The van der Waals surface area contributed by atoms with Crippen molar-refractivity contribution < 1.29 is 14.3 Å². The van der Waals surface area contributed by atoms with Gasteiger partial charge in [0.25, 0.3) is 0 Å². The van der Waals surface area contributed by atoms with E-state index in [2.05, 4.69) is 22.9 Å². The first-order valence-corrected chi connectivity index (χ1v) is 7.84. The molecule has 1 fully saturated rings. The second-order valence-corrected chi connectivity index (χ2v) is 5.79. The third-order valence-corrected chi connectivity index (χ3v) is 4.03. The Kier molecular flexibility index (Phi) is 7.67. The highest BCUT2D eigenvalue weighted by Gasteiger charge is 2.39. The van der Waals surface area contributed by atoms with Crippen LogP contribution in [0.1, 0.15) is 39.5 Å². The summed E-state index contributed by atoms with van der Waals surface area (Å²) in [6.45, 7) is 6.39. The molecule has 2 atom stereocenters. The molecular weight excluding hydrogens is 270 g/mol. The first-order chi connectivity index (χ1) is 10.1. The highest BCUT2D eigenvalue weighted by molar-refractivity contribution is 5.90. The fourth-order valence-corrected chi connectivity index (χ4v) is 2.81. The van der Waals surface area contributed by atoms with Crippen LogP contribution in [0, 0.1) is 5.41 Å². The number of nitrogens with one attached hydrogen (secondary N) is 3. The molecule has 1 aliphatic heterocycles. The lowest BCUT2D eigenvalue weighted by atomic mass is 9.76. The summed E-state index contributed by atoms with van der Waals surface area (Å²) >= 11 is 0. The van der Waals surface area contributed by atoms with Crippen LogP contribution in [-0.4, -0.2) is 51.2 Å². The van der Waals surface area contributed by atoms with Gasteiger partial charge in [-0.1, -0.05) is 13.3 Å². The molecule has 6 heteroatoms. The summed E-state index contributed by atoms with van der Waals surface area (Å²) in [5.41, 5.74) is -0.367. The monoisotopic (exact) mass is 299 g/mol. The molecule has 2 amide bonds. The largest absolute Gasteiger partial charge is 0.383 e. The van der Waals surface area contributed by atoms with Gasteiger partial charge in [-0.15, -0.1) is 0 Å². The second-order valence-electron chi connectivity index (χ2n) is 5.79. The van der Waals surface area contributed by atoms with E-state index < -0.39 is 6.04 Å². The van der Waals surface area contributed by atoms with E-state index in [1.54, 1.807) is 14.0 Å². The Morgan fingerprint density at radius 3 is 2.76 bits per heavy atom. The number of carbonyl (C=O) groups is 2. The van der Waals surface area contributed by atoms with Gasteiger partial charge in [0.15, 0.2) is 0 Å². The number of hydrogen-bond donors (Lipinski definition) is 3. The number of amides is 2. The summed E-state index contributed by atoms with van der Waals surface area (Å²) in [6, 6.07) is -0.523. The minimum atomic E-state index is -0.523. The maximum absolute atomic E-state index is 12.6. The van der Waals surface area contributed by atoms with Crippen molar-refractivity contribution in [3.8, 4) is 0 Å². The topological polar surface area (TPSA) is 79.5 Å². The third-order valence-electron chi connectivity index (χ3n) is 4.03. The van der Waals surface area contributed by atoms with Crippen LogP contribution < -0.4 is 16.0 Å². The van der Waals surface area contributed by atoms with Crippen LogP contribution in [0.25, 0.3) is 0 Å². The van der Waals surface area contributed by atoms with E-state index in [-0.39, 0.29) is 17.2 Å². The van der Waals surface area contributed by atoms with E-state index >= 15 is 0 Å². The molecule has 21 heavy (non-hydrogen) atoms. The molecule has 6 nitrogen and oxygen atoms in total. The van der Waals surface area contributed by atoms with Gasteiger partial charge < -0.3 is 20.7 Å². The number of hydrogen-bond acceptors (Lipinski definition) is 4. The van der Waals surface area contributed by atoms with Gasteiger partial charge in [0.1, 0.15) is 6.04 Å². The molecule has 0 radical (unpaired) electrons. The Labute approximate surface area is 127 Å². The van der Waals surface area contributed by atoms with E-state index in [1.807, 2.05) is 0 Å². The number of carbonyl (C=O) groups excluding carboxylic acids is 2. The fraction of sp³-hybridized carbons (Fsp3) is 0.867. The van der Waals surface area contributed by atoms with E-state index in [0.717, 1.165) is 32.2 Å². The van der Waals surface area contributed by atoms with Crippen molar-refractivity contribution in [2.75, 3.05) is 33.4 Å².